The monoisotopic (exact) mass is 480 g/mol. The fourth-order valence-electron chi connectivity index (χ4n) is 6.30. The van der Waals surface area contributed by atoms with Crippen molar-refractivity contribution in [1.29, 1.82) is 5.26 Å². The van der Waals surface area contributed by atoms with Crippen molar-refractivity contribution in [3.8, 4) is 6.07 Å². The van der Waals surface area contributed by atoms with E-state index in [2.05, 4.69) is 108 Å². The van der Waals surface area contributed by atoms with E-state index in [1.165, 1.54) is 54.1 Å². The van der Waals surface area contributed by atoms with Crippen molar-refractivity contribution < 1.29 is 5.01 Å². The van der Waals surface area contributed by atoms with Crippen LogP contribution in [0.4, 0.5) is 5.69 Å². The number of quaternary nitrogens is 1. The van der Waals surface area contributed by atoms with Crippen molar-refractivity contribution in [3.05, 3.63) is 131 Å². The molecule has 4 unspecified atom stereocenters. The van der Waals surface area contributed by atoms with Crippen LogP contribution < -0.4 is 5.01 Å². The second kappa shape index (κ2) is 7.48. The summed E-state index contributed by atoms with van der Waals surface area (Å²) in [5.41, 5.74) is 8.54. The lowest BCUT2D eigenvalue weighted by molar-refractivity contribution is -0.922. The van der Waals surface area contributed by atoms with Gasteiger partial charge in [0.2, 0.25) is 0 Å². The first-order chi connectivity index (χ1) is 17.8. The molecular weight excluding hydrogens is 458 g/mol. The Labute approximate surface area is 213 Å². The highest BCUT2D eigenvalue weighted by molar-refractivity contribution is 8.00. The highest BCUT2D eigenvalue weighted by Gasteiger charge is 2.45. The number of benzene rings is 4. The molecule has 1 aliphatic carbocycles. The van der Waals surface area contributed by atoms with Gasteiger partial charge in [0.25, 0.3) is 0 Å². The van der Waals surface area contributed by atoms with E-state index in [1.807, 2.05) is 23.9 Å². The fourth-order valence-corrected chi connectivity index (χ4v) is 7.67. The molecule has 3 nitrogen and oxygen atoms in total. The van der Waals surface area contributed by atoms with E-state index in [4.69, 9.17) is 0 Å². The SMILES string of the molecule is N#Cc1ccc(C2c3ccccc3[NH+]2n2c3ccccc3c3cc4c(cc32)C2C=CC=CC2S4)cc1. The van der Waals surface area contributed by atoms with Gasteiger partial charge in [0.1, 0.15) is 11.0 Å². The summed E-state index contributed by atoms with van der Waals surface area (Å²) >= 11 is 1.99. The molecule has 0 spiro atoms. The summed E-state index contributed by atoms with van der Waals surface area (Å²) in [6.07, 6.45) is 9.06. The molecule has 0 fully saturated rings. The van der Waals surface area contributed by atoms with Crippen LogP contribution in [0.2, 0.25) is 0 Å². The molecule has 3 aliphatic rings. The van der Waals surface area contributed by atoms with Crippen molar-refractivity contribution in [3.63, 3.8) is 0 Å². The molecular formula is C32H22N3S+. The van der Waals surface area contributed by atoms with E-state index in [0.29, 0.717) is 16.7 Å². The van der Waals surface area contributed by atoms with Gasteiger partial charge in [-0.15, -0.1) is 11.8 Å². The molecule has 5 aromatic rings. The molecule has 3 heterocycles. The van der Waals surface area contributed by atoms with Crippen LogP contribution in [-0.4, -0.2) is 9.93 Å². The van der Waals surface area contributed by atoms with Crippen LogP contribution in [0.5, 0.6) is 0 Å². The number of thioether (sulfide) groups is 1. The smallest absolute Gasteiger partial charge is 0.172 e. The quantitative estimate of drug-likeness (QED) is 0.316. The lowest BCUT2D eigenvalue weighted by atomic mass is 9.89. The van der Waals surface area contributed by atoms with Gasteiger partial charge in [-0.3, -0.25) is 0 Å². The summed E-state index contributed by atoms with van der Waals surface area (Å²) in [5, 5.41) is 13.7. The molecule has 0 saturated carbocycles. The number of nitriles is 1. The first-order valence-electron chi connectivity index (χ1n) is 12.4. The molecule has 8 rings (SSSR count). The van der Waals surface area contributed by atoms with Crippen LogP contribution in [0.25, 0.3) is 21.8 Å². The number of aromatic nitrogens is 1. The lowest BCUT2D eigenvalue weighted by Crippen LogP contribution is -3.14. The molecule has 0 bridgehead atoms. The average molecular weight is 481 g/mol. The van der Waals surface area contributed by atoms with Crippen LogP contribution in [0.15, 0.2) is 114 Å². The number of allylic oxidation sites excluding steroid dienone is 3. The Morgan fingerprint density at radius 2 is 1.58 bits per heavy atom. The minimum absolute atomic E-state index is 0.167. The van der Waals surface area contributed by atoms with E-state index < -0.39 is 0 Å². The summed E-state index contributed by atoms with van der Waals surface area (Å²) in [7, 11) is 0. The molecule has 2 aliphatic heterocycles. The van der Waals surface area contributed by atoms with Crippen molar-refractivity contribution in [1.82, 2.24) is 4.68 Å². The minimum atomic E-state index is 0.167. The van der Waals surface area contributed by atoms with Gasteiger partial charge in [-0.05, 0) is 42.0 Å². The van der Waals surface area contributed by atoms with Crippen LogP contribution in [0.1, 0.15) is 34.2 Å². The van der Waals surface area contributed by atoms with E-state index in [-0.39, 0.29) is 6.04 Å². The van der Waals surface area contributed by atoms with Gasteiger partial charge in [0, 0.05) is 38.5 Å². The minimum Gasteiger partial charge on any atom is -0.192 e. The van der Waals surface area contributed by atoms with Crippen molar-refractivity contribution in [2.24, 2.45) is 0 Å². The number of nitrogens with one attached hydrogen (secondary N) is 1. The molecule has 4 heteroatoms. The molecule has 1 aromatic heterocycles. The maximum absolute atomic E-state index is 9.32. The first kappa shape index (κ1) is 20.2. The number of para-hydroxylation sites is 2. The van der Waals surface area contributed by atoms with Gasteiger partial charge in [-0.2, -0.15) is 14.9 Å². The fraction of sp³-hybridized carbons (Fsp3) is 0.0938. The van der Waals surface area contributed by atoms with Crippen LogP contribution >= 0.6 is 11.8 Å². The number of fused-ring (bicyclic) bond motifs is 7. The molecule has 1 N–H and O–H groups in total. The maximum Gasteiger partial charge on any atom is 0.172 e. The summed E-state index contributed by atoms with van der Waals surface area (Å²) in [4.78, 5) is 1.40. The number of nitrogens with zero attached hydrogens (tertiary/aromatic N) is 2. The van der Waals surface area contributed by atoms with E-state index in [1.54, 1.807) is 0 Å². The van der Waals surface area contributed by atoms with Crippen LogP contribution in [-0.2, 0) is 0 Å². The largest absolute Gasteiger partial charge is 0.192 e. The van der Waals surface area contributed by atoms with Gasteiger partial charge in [0.15, 0.2) is 11.7 Å². The Balaban J connectivity index is 1.39. The third kappa shape index (κ3) is 2.67. The predicted molar refractivity (Wildman–Crippen MR) is 146 cm³/mol. The number of hydrogen-bond donors (Lipinski definition) is 1. The molecule has 0 radical (unpaired) electrons. The second-order valence-corrected chi connectivity index (χ2v) is 11.0. The van der Waals surface area contributed by atoms with Crippen LogP contribution in [0.3, 0.4) is 0 Å². The first-order valence-corrected chi connectivity index (χ1v) is 13.2. The lowest BCUT2D eigenvalue weighted by Gasteiger charge is -2.39. The van der Waals surface area contributed by atoms with Crippen molar-refractivity contribution >= 4 is 39.3 Å². The summed E-state index contributed by atoms with van der Waals surface area (Å²) in [6, 6.07) is 33.0. The highest BCUT2D eigenvalue weighted by atomic mass is 32.2. The Kier molecular flexibility index (Phi) is 4.19. The Morgan fingerprint density at radius 1 is 0.778 bits per heavy atom. The molecule has 0 amide bonds. The highest BCUT2D eigenvalue weighted by Crippen LogP contribution is 2.50. The zero-order valence-electron chi connectivity index (χ0n) is 19.4. The van der Waals surface area contributed by atoms with Gasteiger partial charge >= 0.3 is 0 Å². The van der Waals surface area contributed by atoms with Crippen molar-refractivity contribution in [2.45, 2.75) is 22.1 Å². The zero-order chi connectivity index (χ0) is 23.8. The number of rotatable bonds is 2. The van der Waals surface area contributed by atoms with Gasteiger partial charge in [0.05, 0.1) is 17.2 Å². The van der Waals surface area contributed by atoms with E-state index in [0.717, 1.165) is 0 Å². The summed E-state index contributed by atoms with van der Waals surface area (Å²) < 4.78 is 2.51. The molecule has 36 heavy (non-hydrogen) atoms. The average Bonchev–Trinajstić information content (AvgIpc) is 3.44. The van der Waals surface area contributed by atoms with Gasteiger partial charge < -0.3 is 0 Å². The summed E-state index contributed by atoms with van der Waals surface area (Å²) in [5.74, 6) is 0.430. The van der Waals surface area contributed by atoms with Gasteiger partial charge in [-0.25, -0.2) is 0 Å². The predicted octanol–water partition coefficient (Wildman–Crippen LogP) is 6.43. The van der Waals surface area contributed by atoms with Crippen LogP contribution in [0, 0.1) is 11.3 Å². The Morgan fingerprint density at radius 3 is 2.47 bits per heavy atom. The Bertz CT molecular complexity index is 1800. The number of hydrogen-bond acceptors (Lipinski definition) is 2. The van der Waals surface area contributed by atoms with Crippen molar-refractivity contribution in [2.75, 3.05) is 0 Å². The van der Waals surface area contributed by atoms with E-state index in [9.17, 15) is 5.26 Å². The van der Waals surface area contributed by atoms with E-state index >= 15 is 0 Å². The molecule has 0 saturated heterocycles. The summed E-state index contributed by atoms with van der Waals surface area (Å²) in [6.45, 7) is 0. The molecule has 4 atom stereocenters. The topological polar surface area (TPSA) is 33.2 Å². The second-order valence-electron chi connectivity index (χ2n) is 9.78. The third-order valence-electron chi connectivity index (χ3n) is 7.95. The van der Waals surface area contributed by atoms with Gasteiger partial charge in [-0.1, -0.05) is 66.8 Å². The molecule has 4 aromatic carbocycles. The maximum atomic E-state index is 9.32. The standard InChI is InChI=1S/C32H21N3S/c33-19-20-13-15-21(16-14-20)32-24-9-2-5-11-28(24)35(32)34-27-10-4-1-7-22(27)25-18-31-26(17-29(25)34)23-8-3-6-12-30(23)36-31/h1-18,23,30,32H/p+1. The Hall–Kier alpha value is -4.04. The molecule has 170 valence electrons. The zero-order valence-corrected chi connectivity index (χ0v) is 20.2. The normalized spacial score (nSPS) is 23.2. The third-order valence-corrected chi connectivity index (χ3v) is 9.28.